The van der Waals surface area contributed by atoms with E-state index < -0.39 is 0 Å². The van der Waals surface area contributed by atoms with E-state index in [0.29, 0.717) is 18.3 Å². The fourth-order valence-corrected chi connectivity index (χ4v) is 1.99. The minimum absolute atomic E-state index is 0.0687. The Morgan fingerprint density at radius 1 is 1.50 bits per heavy atom. The van der Waals surface area contributed by atoms with Gasteiger partial charge in [0.25, 0.3) is 5.56 Å². The molecule has 0 radical (unpaired) electrons. The summed E-state index contributed by atoms with van der Waals surface area (Å²) in [5.74, 6) is 0.876. The van der Waals surface area contributed by atoms with Crippen LogP contribution in [-0.2, 0) is 17.9 Å². The lowest BCUT2D eigenvalue weighted by molar-refractivity contribution is -0.132. The molecule has 8 nitrogen and oxygen atoms in total. The Labute approximate surface area is 127 Å². The van der Waals surface area contributed by atoms with E-state index >= 15 is 0 Å². The van der Waals surface area contributed by atoms with Gasteiger partial charge in [-0.1, -0.05) is 5.16 Å². The molecule has 2 aromatic heterocycles. The van der Waals surface area contributed by atoms with Crippen molar-refractivity contribution in [2.45, 2.75) is 26.9 Å². The average molecular weight is 306 g/mol. The highest BCUT2D eigenvalue weighted by molar-refractivity contribution is 5.75. The van der Waals surface area contributed by atoms with E-state index in [1.807, 2.05) is 6.92 Å². The van der Waals surface area contributed by atoms with Gasteiger partial charge in [0.1, 0.15) is 6.54 Å². The molecule has 0 N–H and O–H groups in total. The number of carbonyl (C=O) groups is 1. The molecule has 0 unspecified atom stereocenters. The monoisotopic (exact) mass is 306 g/mol. The van der Waals surface area contributed by atoms with Crippen molar-refractivity contribution in [1.29, 1.82) is 0 Å². The number of aromatic nitrogens is 3. The van der Waals surface area contributed by atoms with E-state index in [-0.39, 0.29) is 30.3 Å². The van der Waals surface area contributed by atoms with Crippen LogP contribution in [0.3, 0.4) is 0 Å². The molecule has 8 heteroatoms. The molecule has 0 aliphatic carbocycles. The molecule has 22 heavy (non-hydrogen) atoms. The van der Waals surface area contributed by atoms with Gasteiger partial charge in [-0.25, -0.2) is 0 Å². The number of hydrogen-bond acceptors (Lipinski definition) is 6. The Morgan fingerprint density at radius 3 is 2.86 bits per heavy atom. The van der Waals surface area contributed by atoms with Gasteiger partial charge in [0.15, 0.2) is 11.6 Å². The Balaban J connectivity index is 2.11. The number of rotatable bonds is 6. The molecule has 0 fully saturated rings. The zero-order chi connectivity index (χ0) is 16.1. The maximum absolute atomic E-state index is 12.3. The van der Waals surface area contributed by atoms with Crippen molar-refractivity contribution in [3.8, 4) is 5.75 Å². The molecular formula is C14H18N4O4. The Morgan fingerprint density at radius 2 is 2.27 bits per heavy atom. The van der Waals surface area contributed by atoms with Crippen LogP contribution in [0, 0.1) is 6.92 Å². The molecule has 0 spiro atoms. The zero-order valence-corrected chi connectivity index (χ0v) is 12.8. The van der Waals surface area contributed by atoms with Crippen molar-refractivity contribution < 1.29 is 14.1 Å². The highest BCUT2D eigenvalue weighted by Crippen LogP contribution is 2.04. The molecular weight excluding hydrogens is 288 g/mol. The molecule has 0 saturated heterocycles. The lowest BCUT2D eigenvalue weighted by Gasteiger charge is -2.19. The number of aryl methyl sites for hydroxylation is 1. The van der Waals surface area contributed by atoms with Gasteiger partial charge in [0.2, 0.25) is 11.8 Å². The molecule has 2 aromatic rings. The van der Waals surface area contributed by atoms with Crippen molar-refractivity contribution in [2.75, 3.05) is 13.7 Å². The Kier molecular flexibility index (Phi) is 4.92. The van der Waals surface area contributed by atoms with Crippen molar-refractivity contribution in [1.82, 2.24) is 19.6 Å². The predicted molar refractivity (Wildman–Crippen MR) is 77.4 cm³/mol. The average Bonchev–Trinajstić information content (AvgIpc) is 2.92. The van der Waals surface area contributed by atoms with Crippen LogP contribution in [0.1, 0.15) is 18.6 Å². The third-order valence-electron chi connectivity index (χ3n) is 3.15. The normalized spacial score (nSPS) is 10.5. The summed E-state index contributed by atoms with van der Waals surface area (Å²) in [6, 6.07) is 3.22. The third kappa shape index (κ3) is 3.51. The number of nitrogens with zero attached hydrogens (tertiary/aromatic N) is 4. The molecule has 0 aliphatic heterocycles. The number of carbonyl (C=O) groups excluding carboxylic acids is 1. The van der Waals surface area contributed by atoms with Gasteiger partial charge < -0.3 is 18.7 Å². The van der Waals surface area contributed by atoms with Gasteiger partial charge in [-0.05, 0) is 19.1 Å². The number of amides is 1. The topological polar surface area (TPSA) is 90.5 Å². The first-order chi connectivity index (χ1) is 10.5. The van der Waals surface area contributed by atoms with E-state index in [4.69, 9.17) is 9.26 Å². The summed E-state index contributed by atoms with van der Waals surface area (Å²) in [7, 11) is 1.42. The minimum atomic E-state index is -0.343. The van der Waals surface area contributed by atoms with Crippen molar-refractivity contribution in [2.24, 2.45) is 0 Å². The first-order valence-electron chi connectivity index (χ1n) is 6.85. The lowest BCUT2D eigenvalue weighted by Crippen LogP contribution is -2.36. The van der Waals surface area contributed by atoms with E-state index in [1.54, 1.807) is 30.2 Å². The summed E-state index contributed by atoms with van der Waals surface area (Å²) in [6.07, 6.45) is 1.55. The molecule has 0 aromatic carbocycles. The summed E-state index contributed by atoms with van der Waals surface area (Å²) in [6.45, 7) is 4.18. The highest BCUT2D eigenvalue weighted by Gasteiger charge is 2.16. The first-order valence-corrected chi connectivity index (χ1v) is 6.85. The van der Waals surface area contributed by atoms with Crippen LogP contribution in [0.15, 0.2) is 27.6 Å². The summed E-state index contributed by atoms with van der Waals surface area (Å²) in [5, 5.41) is 3.77. The first kappa shape index (κ1) is 15.7. The second-order valence-corrected chi connectivity index (χ2v) is 4.65. The van der Waals surface area contributed by atoms with E-state index in [9.17, 15) is 9.59 Å². The second kappa shape index (κ2) is 6.88. The quantitative estimate of drug-likeness (QED) is 0.776. The third-order valence-corrected chi connectivity index (χ3v) is 3.15. The van der Waals surface area contributed by atoms with Crippen LogP contribution >= 0.6 is 0 Å². The summed E-state index contributed by atoms with van der Waals surface area (Å²) in [4.78, 5) is 30.0. The molecule has 118 valence electrons. The number of likely N-dealkylation sites (N-methyl/N-ethyl adjacent to an activating group) is 1. The maximum atomic E-state index is 12.3. The van der Waals surface area contributed by atoms with Crippen LogP contribution in [0.25, 0.3) is 0 Å². The standard InChI is InChI=1S/C14H18N4O4/c1-4-17(8-12-15-10(2)22-16-12)13(19)9-18-7-5-6-11(21-3)14(18)20/h5-7H,4,8-9H2,1-3H3. The number of hydrogen-bond donors (Lipinski definition) is 0. The van der Waals surface area contributed by atoms with Crippen LogP contribution in [0.5, 0.6) is 5.75 Å². The van der Waals surface area contributed by atoms with E-state index in [0.717, 1.165) is 0 Å². The Bertz CT molecular complexity index is 707. The fourth-order valence-electron chi connectivity index (χ4n) is 1.99. The number of methoxy groups -OCH3 is 1. The van der Waals surface area contributed by atoms with Gasteiger partial charge in [0, 0.05) is 19.7 Å². The van der Waals surface area contributed by atoms with Gasteiger partial charge in [0.05, 0.1) is 13.7 Å². The molecule has 0 atom stereocenters. The summed E-state index contributed by atoms with van der Waals surface area (Å²) < 4.78 is 11.2. The summed E-state index contributed by atoms with van der Waals surface area (Å²) in [5.41, 5.74) is -0.343. The largest absolute Gasteiger partial charge is 0.491 e. The predicted octanol–water partition coefficient (Wildman–Crippen LogP) is 0.597. The number of pyridine rings is 1. The second-order valence-electron chi connectivity index (χ2n) is 4.65. The van der Waals surface area contributed by atoms with E-state index in [2.05, 4.69) is 10.1 Å². The molecule has 0 bridgehead atoms. The van der Waals surface area contributed by atoms with Crippen molar-refractivity contribution >= 4 is 5.91 Å². The van der Waals surface area contributed by atoms with Crippen LogP contribution < -0.4 is 10.3 Å². The fraction of sp³-hybridized carbons (Fsp3) is 0.429. The van der Waals surface area contributed by atoms with E-state index in [1.165, 1.54) is 11.7 Å². The van der Waals surface area contributed by atoms with Crippen molar-refractivity contribution in [3.63, 3.8) is 0 Å². The van der Waals surface area contributed by atoms with Gasteiger partial charge in [-0.15, -0.1) is 0 Å². The maximum Gasteiger partial charge on any atom is 0.293 e. The molecule has 2 rings (SSSR count). The van der Waals surface area contributed by atoms with Gasteiger partial charge in [-0.3, -0.25) is 9.59 Å². The minimum Gasteiger partial charge on any atom is -0.491 e. The molecule has 2 heterocycles. The Hall–Kier alpha value is -2.64. The molecule has 0 aliphatic rings. The smallest absolute Gasteiger partial charge is 0.293 e. The van der Waals surface area contributed by atoms with Crippen LogP contribution in [0.4, 0.5) is 0 Å². The van der Waals surface area contributed by atoms with Gasteiger partial charge >= 0.3 is 0 Å². The van der Waals surface area contributed by atoms with Crippen LogP contribution in [0.2, 0.25) is 0 Å². The highest BCUT2D eigenvalue weighted by atomic mass is 16.5. The number of ether oxygens (including phenoxy) is 1. The molecule has 1 amide bonds. The van der Waals surface area contributed by atoms with Crippen LogP contribution in [-0.4, -0.2) is 39.2 Å². The lowest BCUT2D eigenvalue weighted by atomic mass is 10.4. The molecule has 0 saturated carbocycles. The zero-order valence-electron chi connectivity index (χ0n) is 12.8. The van der Waals surface area contributed by atoms with Gasteiger partial charge in [-0.2, -0.15) is 4.98 Å². The summed E-state index contributed by atoms with van der Waals surface area (Å²) >= 11 is 0. The SMILES string of the molecule is CCN(Cc1noc(C)n1)C(=O)Cn1cccc(OC)c1=O. The van der Waals surface area contributed by atoms with Crippen molar-refractivity contribution in [3.05, 3.63) is 40.4 Å².